The summed E-state index contributed by atoms with van der Waals surface area (Å²) < 4.78 is 10.6. The summed E-state index contributed by atoms with van der Waals surface area (Å²) in [5, 5.41) is 7.23. The van der Waals surface area contributed by atoms with Crippen molar-refractivity contribution in [2.75, 3.05) is 36.5 Å². The molecule has 0 spiro atoms. The Morgan fingerprint density at radius 1 is 1.12 bits per heavy atom. The third kappa shape index (κ3) is 2.67. The molecule has 0 atom stereocenters. The van der Waals surface area contributed by atoms with Gasteiger partial charge in [-0.25, -0.2) is 4.98 Å². The average molecular weight is 325 g/mol. The van der Waals surface area contributed by atoms with Crippen LogP contribution in [-0.2, 0) is 4.74 Å². The van der Waals surface area contributed by atoms with Gasteiger partial charge < -0.3 is 19.5 Å². The minimum atomic E-state index is -0.357. The number of morpholine rings is 1. The first-order chi connectivity index (χ1) is 11.8. The van der Waals surface area contributed by atoms with Crippen LogP contribution in [0.5, 0.6) is 0 Å². The monoisotopic (exact) mass is 325 g/mol. The average Bonchev–Trinajstić information content (AvgIpc) is 3.07. The highest BCUT2D eigenvalue weighted by molar-refractivity contribution is 6.12. The number of para-hydroxylation sites is 1. The fourth-order valence-corrected chi connectivity index (χ4v) is 2.65. The molecule has 2 aromatic heterocycles. The van der Waals surface area contributed by atoms with E-state index in [0.717, 1.165) is 0 Å². The second kappa shape index (κ2) is 6.25. The number of hydrogen-bond donors (Lipinski definition) is 1. The second-order valence-electron chi connectivity index (χ2n) is 5.33. The third-order valence-electron chi connectivity index (χ3n) is 3.81. The van der Waals surface area contributed by atoms with Crippen LogP contribution in [0, 0.1) is 0 Å². The van der Waals surface area contributed by atoms with Gasteiger partial charge in [-0.05, 0) is 12.1 Å². The number of anilines is 2. The number of aromatic nitrogens is 3. The summed E-state index contributed by atoms with van der Waals surface area (Å²) in [6.45, 7) is 2.61. The standard InChI is InChI=1S/C16H15N5O3/c22-15(19-11-4-2-1-3-5-11)13-12-14(21-6-8-23-9-7-21)17-10-18-16(12)24-20-13/h1-5,10H,6-9H2,(H,19,22). The molecule has 3 heterocycles. The van der Waals surface area contributed by atoms with Gasteiger partial charge in [-0.1, -0.05) is 23.4 Å². The van der Waals surface area contributed by atoms with Crippen LogP contribution in [-0.4, -0.2) is 47.3 Å². The van der Waals surface area contributed by atoms with Crippen molar-refractivity contribution < 1.29 is 14.1 Å². The Kier molecular flexibility index (Phi) is 3.80. The van der Waals surface area contributed by atoms with Crippen LogP contribution in [0.4, 0.5) is 11.5 Å². The summed E-state index contributed by atoms with van der Waals surface area (Å²) in [7, 11) is 0. The maximum absolute atomic E-state index is 12.6. The van der Waals surface area contributed by atoms with Crippen molar-refractivity contribution in [2.24, 2.45) is 0 Å². The number of carbonyl (C=O) groups is 1. The summed E-state index contributed by atoms with van der Waals surface area (Å²) in [4.78, 5) is 23.0. The number of nitrogens with zero attached hydrogens (tertiary/aromatic N) is 4. The molecule has 24 heavy (non-hydrogen) atoms. The highest BCUT2D eigenvalue weighted by Crippen LogP contribution is 2.27. The first-order valence-corrected chi connectivity index (χ1v) is 7.62. The molecular formula is C16H15N5O3. The lowest BCUT2D eigenvalue weighted by atomic mass is 10.2. The van der Waals surface area contributed by atoms with Crippen LogP contribution in [0.3, 0.4) is 0 Å². The van der Waals surface area contributed by atoms with Crippen LogP contribution >= 0.6 is 0 Å². The van der Waals surface area contributed by atoms with E-state index in [1.54, 1.807) is 12.1 Å². The van der Waals surface area contributed by atoms with E-state index in [2.05, 4.69) is 20.4 Å². The Morgan fingerprint density at radius 3 is 2.71 bits per heavy atom. The second-order valence-corrected chi connectivity index (χ2v) is 5.33. The molecule has 0 saturated carbocycles. The summed E-state index contributed by atoms with van der Waals surface area (Å²) in [6.07, 6.45) is 1.41. The zero-order valence-electron chi connectivity index (χ0n) is 12.8. The van der Waals surface area contributed by atoms with Crippen LogP contribution in [0.15, 0.2) is 41.2 Å². The van der Waals surface area contributed by atoms with Gasteiger partial charge in [0, 0.05) is 18.8 Å². The van der Waals surface area contributed by atoms with Crippen LogP contribution in [0.1, 0.15) is 10.5 Å². The van der Waals surface area contributed by atoms with Crippen molar-refractivity contribution in [3.8, 4) is 0 Å². The minimum Gasteiger partial charge on any atom is -0.378 e. The van der Waals surface area contributed by atoms with Gasteiger partial charge in [0.2, 0.25) is 0 Å². The minimum absolute atomic E-state index is 0.177. The molecule has 1 aliphatic heterocycles. The number of rotatable bonds is 3. The van der Waals surface area contributed by atoms with Crippen molar-refractivity contribution in [3.05, 3.63) is 42.4 Å². The van der Waals surface area contributed by atoms with Gasteiger partial charge in [0.1, 0.15) is 17.5 Å². The number of ether oxygens (including phenoxy) is 1. The lowest BCUT2D eigenvalue weighted by molar-refractivity contribution is 0.102. The van der Waals surface area contributed by atoms with E-state index in [1.807, 2.05) is 23.1 Å². The molecule has 0 unspecified atom stereocenters. The number of benzene rings is 1. The topological polar surface area (TPSA) is 93.4 Å². The Hall–Kier alpha value is -3.00. The number of carbonyl (C=O) groups excluding carboxylic acids is 1. The van der Waals surface area contributed by atoms with E-state index in [-0.39, 0.29) is 11.6 Å². The molecule has 1 fully saturated rings. The molecule has 0 bridgehead atoms. The lowest BCUT2D eigenvalue weighted by Crippen LogP contribution is -2.37. The van der Waals surface area contributed by atoms with Crippen LogP contribution < -0.4 is 10.2 Å². The van der Waals surface area contributed by atoms with E-state index in [0.29, 0.717) is 48.9 Å². The van der Waals surface area contributed by atoms with Gasteiger partial charge in [0.15, 0.2) is 5.69 Å². The van der Waals surface area contributed by atoms with E-state index in [1.165, 1.54) is 6.33 Å². The van der Waals surface area contributed by atoms with E-state index in [9.17, 15) is 4.79 Å². The van der Waals surface area contributed by atoms with E-state index >= 15 is 0 Å². The quantitative estimate of drug-likeness (QED) is 0.783. The summed E-state index contributed by atoms with van der Waals surface area (Å²) in [5.74, 6) is 0.284. The highest BCUT2D eigenvalue weighted by Gasteiger charge is 2.25. The molecule has 0 aliphatic carbocycles. The van der Waals surface area contributed by atoms with Gasteiger partial charge in [-0.2, -0.15) is 4.98 Å². The first-order valence-electron chi connectivity index (χ1n) is 7.62. The predicted molar refractivity (Wildman–Crippen MR) is 87.0 cm³/mol. The lowest BCUT2D eigenvalue weighted by Gasteiger charge is -2.27. The van der Waals surface area contributed by atoms with E-state index < -0.39 is 0 Å². The van der Waals surface area contributed by atoms with Crippen molar-refractivity contribution >= 4 is 28.5 Å². The van der Waals surface area contributed by atoms with Crippen LogP contribution in [0.25, 0.3) is 11.1 Å². The number of amides is 1. The van der Waals surface area contributed by atoms with Gasteiger partial charge >= 0.3 is 0 Å². The molecule has 8 nitrogen and oxygen atoms in total. The zero-order chi connectivity index (χ0) is 16.4. The van der Waals surface area contributed by atoms with E-state index in [4.69, 9.17) is 9.26 Å². The van der Waals surface area contributed by atoms with Crippen molar-refractivity contribution in [3.63, 3.8) is 0 Å². The fourth-order valence-electron chi connectivity index (χ4n) is 2.65. The Labute approximate surface area is 137 Å². The van der Waals surface area contributed by atoms with Crippen molar-refractivity contribution in [1.82, 2.24) is 15.1 Å². The normalized spacial score (nSPS) is 14.8. The molecule has 1 aliphatic rings. The molecule has 8 heteroatoms. The summed E-state index contributed by atoms with van der Waals surface area (Å²) >= 11 is 0. The number of hydrogen-bond acceptors (Lipinski definition) is 7. The zero-order valence-corrected chi connectivity index (χ0v) is 12.8. The first kappa shape index (κ1) is 14.6. The molecule has 0 radical (unpaired) electrons. The molecule has 1 N–H and O–H groups in total. The SMILES string of the molecule is O=C(Nc1ccccc1)c1noc2ncnc(N3CCOCC3)c12. The highest BCUT2D eigenvalue weighted by atomic mass is 16.5. The predicted octanol–water partition coefficient (Wildman–Crippen LogP) is 1.71. The third-order valence-corrected chi connectivity index (χ3v) is 3.81. The largest absolute Gasteiger partial charge is 0.378 e. The maximum atomic E-state index is 12.6. The molecule has 1 amide bonds. The fraction of sp³-hybridized carbons (Fsp3) is 0.250. The van der Waals surface area contributed by atoms with Gasteiger partial charge in [0.05, 0.1) is 13.2 Å². The molecule has 4 rings (SSSR count). The molecule has 1 saturated heterocycles. The number of nitrogens with one attached hydrogen (secondary N) is 1. The molecule has 3 aromatic rings. The van der Waals surface area contributed by atoms with Crippen LogP contribution in [0.2, 0.25) is 0 Å². The Bertz CT molecular complexity index is 859. The van der Waals surface area contributed by atoms with Gasteiger partial charge in [-0.15, -0.1) is 0 Å². The van der Waals surface area contributed by atoms with Gasteiger partial charge in [-0.3, -0.25) is 4.79 Å². The molecule has 1 aromatic carbocycles. The summed E-state index contributed by atoms with van der Waals surface area (Å²) in [6, 6.07) is 9.18. The van der Waals surface area contributed by atoms with Crippen molar-refractivity contribution in [2.45, 2.75) is 0 Å². The Balaban J connectivity index is 1.71. The Morgan fingerprint density at radius 2 is 1.92 bits per heavy atom. The molecule has 122 valence electrons. The van der Waals surface area contributed by atoms with Gasteiger partial charge in [0.25, 0.3) is 11.6 Å². The molecular weight excluding hydrogens is 310 g/mol. The maximum Gasteiger partial charge on any atom is 0.278 e. The smallest absolute Gasteiger partial charge is 0.278 e. The number of fused-ring (bicyclic) bond motifs is 1. The van der Waals surface area contributed by atoms with Crippen molar-refractivity contribution in [1.29, 1.82) is 0 Å². The summed E-state index contributed by atoms with van der Waals surface area (Å²) in [5.41, 5.74) is 1.16.